The third-order valence-corrected chi connectivity index (χ3v) is 5.89. The van der Waals surface area contributed by atoms with Crippen LogP contribution in [-0.4, -0.2) is 29.4 Å². The number of aryl methyl sites for hydroxylation is 1. The first-order valence-corrected chi connectivity index (χ1v) is 10.0. The molecule has 0 saturated carbocycles. The van der Waals surface area contributed by atoms with Gasteiger partial charge in [0.25, 0.3) is 0 Å². The number of para-hydroxylation sites is 1. The second-order valence-electron chi connectivity index (χ2n) is 6.68. The summed E-state index contributed by atoms with van der Waals surface area (Å²) in [5.74, 6) is 1.03. The molecule has 0 bridgehead atoms. The highest BCUT2D eigenvalue weighted by molar-refractivity contribution is 7.13. The number of ether oxygens (including phenoxy) is 1. The predicted octanol–water partition coefficient (Wildman–Crippen LogP) is 4.34. The van der Waals surface area contributed by atoms with Gasteiger partial charge >= 0.3 is 0 Å². The van der Waals surface area contributed by atoms with Gasteiger partial charge in [-0.25, -0.2) is 4.98 Å². The molecule has 1 amide bonds. The summed E-state index contributed by atoms with van der Waals surface area (Å²) in [4.78, 5) is 19.3. The average Bonchev–Trinajstić information content (AvgIpc) is 3.20. The maximum absolute atomic E-state index is 12.6. The van der Waals surface area contributed by atoms with E-state index in [9.17, 15) is 4.79 Å². The van der Waals surface area contributed by atoms with Gasteiger partial charge in [0.1, 0.15) is 10.8 Å². The van der Waals surface area contributed by atoms with E-state index in [1.165, 1.54) is 11.1 Å². The molecule has 0 aliphatic carbocycles. The van der Waals surface area contributed by atoms with Crippen LogP contribution in [0.25, 0.3) is 10.6 Å². The molecule has 0 spiro atoms. The van der Waals surface area contributed by atoms with Gasteiger partial charge in [-0.1, -0.05) is 36.4 Å². The largest absolute Gasteiger partial charge is 0.496 e. The van der Waals surface area contributed by atoms with Crippen molar-refractivity contribution in [1.29, 1.82) is 0 Å². The number of nitrogens with zero attached hydrogens (tertiary/aromatic N) is 2. The van der Waals surface area contributed by atoms with E-state index in [4.69, 9.17) is 9.72 Å². The van der Waals surface area contributed by atoms with Crippen LogP contribution in [0, 0.1) is 0 Å². The fourth-order valence-corrected chi connectivity index (χ4v) is 4.35. The van der Waals surface area contributed by atoms with Crippen LogP contribution >= 0.6 is 11.3 Å². The Hall–Kier alpha value is -2.66. The Labute approximate surface area is 163 Å². The molecule has 2 heterocycles. The van der Waals surface area contributed by atoms with Gasteiger partial charge < -0.3 is 9.64 Å². The van der Waals surface area contributed by atoms with E-state index in [0.717, 1.165) is 41.5 Å². The van der Waals surface area contributed by atoms with Crippen molar-refractivity contribution in [3.8, 4) is 16.3 Å². The normalized spacial score (nSPS) is 13.3. The summed E-state index contributed by atoms with van der Waals surface area (Å²) in [7, 11) is 1.67. The highest BCUT2D eigenvalue weighted by Crippen LogP contribution is 2.32. The van der Waals surface area contributed by atoms with Crippen molar-refractivity contribution in [2.24, 2.45) is 0 Å². The number of fused-ring (bicyclic) bond motifs is 1. The lowest BCUT2D eigenvalue weighted by molar-refractivity contribution is -0.132. The number of benzene rings is 2. The molecule has 2 aromatic carbocycles. The number of carbonyl (C=O) groups is 1. The number of carbonyl (C=O) groups excluding carboxylic acids is 1. The van der Waals surface area contributed by atoms with E-state index >= 15 is 0 Å². The first-order valence-electron chi connectivity index (χ1n) is 9.17. The zero-order valence-corrected chi connectivity index (χ0v) is 16.2. The molecule has 1 aliphatic rings. The van der Waals surface area contributed by atoms with Crippen molar-refractivity contribution >= 4 is 17.2 Å². The van der Waals surface area contributed by atoms with Crippen LogP contribution in [0.4, 0.5) is 0 Å². The van der Waals surface area contributed by atoms with Gasteiger partial charge in [-0.2, -0.15) is 0 Å². The first kappa shape index (κ1) is 17.7. The Bertz CT molecular complexity index is 951. The van der Waals surface area contributed by atoms with Gasteiger partial charge in [-0.3, -0.25) is 4.79 Å². The van der Waals surface area contributed by atoms with E-state index in [2.05, 4.69) is 18.2 Å². The zero-order chi connectivity index (χ0) is 18.6. The van der Waals surface area contributed by atoms with Crippen LogP contribution < -0.4 is 4.74 Å². The molecule has 0 N–H and O–H groups in total. The Balaban J connectivity index is 1.38. The van der Waals surface area contributed by atoms with Crippen LogP contribution in [0.5, 0.6) is 5.75 Å². The lowest BCUT2D eigenvalue weighted by Gasteiger charge is -2.28. The Morgan fingerprint density at radius 2 is 1.93 bits per heavy atom. The Morgan fingerprint density at radius 1 is 1.15 bits per heavy atom. The number of rotatable bonds is 5. The molecule has 0 atom stereocenters. The molecule has 0 saturated heterocycles. The van der Waals surface area contributed by atoms with Crippen LogP contribution in [0.1, 0.15) is 23.2 Å². The standard InChI is InChI=1S/C22H22N2O2S/c1-26-20-9-5-4-8-19(20)22-23-18(15-27-22)10-11-21(25)24-13-12-16-6-2-3-7-17(16)14-24/h2-9,15H,10-14H2,1H3. The summed E-state index contributed by atoms with van der Waals surface area (Å²) in [5, 5.41) is 2.97. The van der Waals surface area contributed by atoms with Crippen molar-refractivity contribution in [2.45, 2.75) is 25.8 Å². The van der Waals surface area contributed by atoms with Gasteiger partial charge in [0.2, 0.25) is 5.91 Å². The third kappa shape index (κ3) is 3.88. The zero-order valence-electron chi connectivity index (χ0n) is 15.4. The first-order chi connectivity index (χ1) is 13.2. The predicted molar refractivity (Wildman–Crippen MR) is 108 cm³/mol. The lowest BCUT2D eigenvalue weighted by Crippen LogP contribution is -2.36. The molecular weight excluding hydrogens is 356 g/mol. The monoisotopic (exact) mass is 378 g/mol. The van der Waals surface area contributed by atoms with Crippen LogP contribution in [-0.2, 0) is 24.2 Å². The molecule has 1 aromatic heterocycles. The fourth-order valence-electron chi connectivity index (χ4n) is 3.47. The molecular formula is C22H22N2O2S. The summed E-state index contributed by atoms with van der Waals surface area (Å²) < 4.78 is 5.42. The molecule has 3 aromatic rings. The molecule has 27 heavy (non-hydrogen) atoms. The third-order valence-electron chi connectivity index (χ3n) is 4.97. The molecule has 4 rings (SSSR count). The van der Waals surface area contributed by atoms with Crippen molar-refractivity contribution in [2.75, 3.05) is 13.7 Å². The molecule has 5 heteroatoms. The average molecular weight is 378 g/mol. The van der Waals surface area contributed by atoms with Gasteiger partial charge in [0, 0.05) is 24.9 Å². The summed E-state index contributed by atoms with van der Waals surface area (Å²) in [5.41, 5.74) is 4.59. The molecule has 0 radical (unpaired) electrons. The summed E-state index contributed by atoms with van der Waals surface area (Å²) in [6.45, 7) is 1.53. The molecule has 138 valence electrons. The van der Waals surface area contributed by atoms with Gasteiger partial charge in [-0.05, 0) is 36.1 Å². The van der Waals surface area contributed by atoms with Crippen LogP contribution in [0.15, 0.2) is 53.9 Å². The van der Waals surface area contributed by atoms with Crippen molar-refractivity contribution in [3.05, 3.63) is 70.7 Å². The number of hydrogen-bond donors (Lipinski definition) is 0. The van der Waals surface area contributed by atoms with E-state index in [0.29, 0.717) is 12.8 Å². The molecule has 4 nitrogen and oxygen atoms in total. The lowest BCUT2D eigenvalue weighted by atomic mass is 9.99. The van der Waals surface area contributed by atoms with Crippen molar-refractivity contribution in [1.82, 2.24) is 9.88 Å². The van der Waals surface area contributed by atoms with E-state index in [1.807, 2.05) is 40.6 Å². The number of amides is 1. The maximum Gasteiger partial charge on any atom is 0.223 e. The molecule has 1 aliphatic heterocycles. The summed E-state index contributed by atoms with van der Waals surface area (Å²) in [6.07, 6.45) is 2.11. The van der Waals surface area contributed by atoms with E-state index in [-0.39, 0.29) is 5.91 Å². The maximum atomic E-state index is 12.6. The summed E-state index contributed by atoms with van der Waals surface area (Å²) >= 11 is 1.59. The van der Waals surface area contributed by atoms with Crippen LogP contribution in [0.2, 0.25) is 0 Å². The number of aromatic nitrogens is 1. The molecule has 0 fully saturated rings. The second-order valence-corrected chi connectivity index (χ2v) is 7.54. The number of methoxy groups -OCH3 is 1. The minimum Gasteiger partial charge on any atom is -0.496 e. The number of hydrogen-bond acceptors (Lipinski definition) is 4. The smallest absolute Gasteiger partial charge is 0.223 e. The minimum absolute atomic E-state index is 0.205. The second kappa shape index (κ2) is 7.92. The van der Waals surface area contributed by atoms with Gasteiger partial charge in [0.05, 0.1) is 18.4 Å². The van der Waals surface area contributed by atoms with Crippen molar-refractivity contribution < 1.29 is 9.53 Å². The number of thiazole rings is 1. The Morgan fingerprint density at radius 3 is 2.78 bits per heavy atom. The summed E-state index contributed by atoms with van der Waals surface area (Å²) in [6, 6.07) is 16.3. The highest BCUT2D eigenvalue weighted by atomic mass is 32.1. The van der Waals surface area contributed by atoms with Crippen molar-refractivity contribution in [3.63, 3.8) is 0 Å². The minimum atomic E-state index is 0.205. The fraction of sp³-hybridized carbons (Fsp3) is 0.273. The van der Waals surface area contributed by atoms with E-state index < -0.39 is 0 Å². The van der Waals surface area contributed by atoms with Gasteiger partial charge in [-0.15, -0.1) is 11.3 Å². The molecule has 0 unspecified atom stereocenters. The SMILES string of the molecule is COc1ccccc1-c1nc(CCC(=O)N2CCc3ccccc3C2)cs1. The Kier molecular flexibility index (Phi) is 5.21. The van der Waals surface area contributed by atoms with Crippen LogP contribution in [0.3, 0.4) is 0 Å². The van der Waals surface area contributed by atoms with Gasteiger partial charge in [0.15, 0.2) is 0 Å². The topological polar surface area (TPSA) is 42.4 Å². The highest BCUT2D eigenvalue weighted by Gasteiger charge is 2.20. The van der Waals surface area contributed by atoms with E-state index in [1.54, 1.807) is 18.4 Å². The quantitative estimate of drug-likeness (QED) is 0.663.